The summed E-state index contributed by atoms with van der Waals surface area (Å²) in [4.78, 5) is 10.8. The summed E-state index contributed by atoms with van der Waals surface area (Å²) < 4.78 is 0. The van der Waals surface area contributed by atoms with Crippen LogP contribution >= 0.6 is 0 Å². The van der Waals surface area contributed by atoms with Gasteiger partial charge in [-0.05, 0) is 30.8 Å². The molecule has 0 aliphatic rings. The fourth-order valence-electron chi connectivity index (χ4n) is 1.75. The summed E-state index contributed by atoms with van der Waals surface area (Å²) in [6.07, 6.45) is 11.3. The fraction of sp³-hybridized carbons (Fsp3) is 0.786. The molecule has 0 fully saturated rings. The number of hydrogen-bond acceptors (Lipinski definition) is 1. The molecule has 88 valence electrons. The van der Waals surface area contributed by atoms with Gasteiger partial charge >= 0.3 is 0 Å². The van der Waals surface area contributed by atoms with Crippen molar-refractivity contribution in [1.82, 2.24) is 0 Å². The molecule has 1 nitrogen and oxygen atoms in total. The van der Waals surface area contributed by atoms with Crippen LogP contribution in [0.15, 0.2) is 11.6 Å². The van der Waals surface area contributed by atoms with Crippen LogP contribution in [0.5, 0.6) is 0 Å². The highest BCUT2D eigenvalue weighted by atomic mass is 16.1. The minimum atomic E-state index is 0.719. The maximum Gasteiger partial charge on any atom is 0.145 e. The van der Waals surface area contributed by atoms with E-state index >= 15 is 0 Å². The van der Waals surface area contributed by atoms with E-state index in [4.69, 9.17) is 0 Å². The highest BCUT2D eigenvalue weighted by Crippen LogP contribution is 2.14. The van der Waals surface area contributed by atoms with Crippen LogP contribution in [0.1, 0.15) is 65.7 Å². The normalized spacial score (nSPS) is 13.9. The zero-order valence-electron chi connectivity index (χ0n) is 10.6. The lowest BCUT2D eigenvalue weighted by molar-refractivity contribution is -0.105. The fourth-order valence-corrected chi connectivity index (χ4v) is 1.75. The molecule has 0 saturated carbocycles. The molecule has 0 aliphatic heterocycles. The van der Waals surface area contributed by atoms with Crippen LogP contribution in [0.4, 0.5) is 0 Å². The Morgan fingerprint density at radius 2 is 1.93 bits per heavy atom. The van der Waals surface area contributed by atoms with E-state index in [1.807, 2.05) is 0 Å². The largest absolute Gasteiger partial charge is 0.298 e. The number of hydrogen-bond donors (Lipinski definition) is 0. The van der Waals surface area contributed by atoms with Crippen LogP contribution in [0.25, 0.3) is 0 Å². The second-order valence-corrected chi connectivity index (χ2v) is 4.48. The average Bonchev–Trinajstić information content (AvgIpc) is 2.23. The topological polar surface area (TPSA) is 17.1 Å². The second kappa shape index (κ2) is 9.95. The molecule has 0 spiro atoms. The van der Waals surface area contributed by atoms with E-state index in [-0.39, 0.29) is 0 Å². The van der Waals surface area contributed by atoms with Crippen LogP contribution in [0, 0.1) is 5.92 Å². The van der Waals surface area contributed by atoms with Crippen molar-refractivity contribution in [3.63, 3.8) is 0 Å². The third-order valence-electron chi connectivity index (χ3n) is 2.78. The van der Waals surface area contributed by atoms with E-state index in [9.17, 15) is 4.79 Å². The smallest absolute Gasteiger partial charge is 0.145 e. The quantitative estimate of drug-likeness (QED) is 0.311. The van der Waals surface area contributed by atoms with E-state index < -0.39 is 0 Å². The molecule has 15 heavy (non-hydrogen) atoms. The summed E-state index contributed by atoms with van der Waals surface area (Å²) in [7, 11) is 0. The molecule has 0 radical (unpaired) electrons. The molecule has 0 aromatic heterocycles. The Morgan fingerprint density at radius 3 is 2.47 bits per heavy atom. The minimum absolute atomic E-state index is 0.719. The summed E-state index contributed by atoms with van der Waals surface area (Å²) >= 11 is 0. The van der Waals surface area contributed by atoms with Crippen LogP contribution in [0.3, 0.4) is 0 Å². The van der Waals surface area contributed by atoms with Crippen LogP contribution in [-0.4, -0.2) is 6.29 Å². The lowest BCUT2D eigenvalue weighted by Crippen LogP contribution is -1.93. The highest BCUT2D eigenvalue weighted by molar-refractivity contribution is 5.72. The number of rotatable bonds is 9. The zero-order valence-corrected chi connectivity index (χ0v) is 10.6. The third-order valence-corrected chi connectivity index (χ3v) is 2.78. The van der Waals surface area contributed by atoms with Gasteiger partial charge in [0.05, 0.1) is 0 Å². The Hall–Kier alpha value is -0.590. The summed E-state index contributed by atoms with van der Waals surface area (Å²) in [5.74, 6) is 0.719. The molecule has 0 amide bonds. The number of allylic oxidation sites excluding steroid dienone is 2. The minimum Gasteiger partial charge on any atom is -0.298 e. The predicted octanol–water partition coefficient (Wildman–Crippen LogP) is 4.52. The van der Waals surface area contributed by atoms with E-state index in [2.05, 4.69) is 26.8 Å². The second-order valence-electron chi connectivity index (χ2n) is 4.48. The molecule has 0 aromatic carbocycles. The van der Waals surface area contributed by atoms with Crippen LogP contribution in [0.2, 0.25) is 0 Å². The van der Waals surface area contributed by atoms with E-state index in [0.717, 1.165) is 37.0 Å². The van der Waals surface area contributed by atoms with Gasteiger partial charge in [-0.15, -0.1) is 0 Å². The Labute approximate surface area is 95.0 Å². The Bertz CT molecular complexity index is 182. The molecule has 0 aromatic rings. The molecule has 0 bridgehead atoms. The Balaban J connectivity index is 3.82. The van der Waals surface area contributed by atoms with Gasteiger partial charge in [-0.3, -0.25) is 4.79 Å². The molecule has 1 atom stereocenters. The molecule has 0 rings (SSSR count). The first kappa shape index (κ1) is 14.4. The van der Waals surface area contributed by atoms with Gasteiger partial charge in [0.15, 0.2) is 0 Å². The molecule has 1 unspecified atom stereocenters. The zero-order chi connectivity index (χ0) is 11.5. The van der Waals surface area contributed by atoms with Gasteiger partial charge in [-0.1, -0.05) is 52.5 Å². The van der Waals surface area contributed by atoms with Gasteiger partial charge in [0, 0.05) is 0 Å². The van der Waals surface area contributed by atoms with Gasteiger partial charge in [0.2, 0.25) is 0 Å². The predicted molar refractivity (Wildman–Crippen MR) is 67.0 cm³/mol. The summed E-state index contributed by atoms with van der Waals surface area (Å²) in [5.41, 5.74) is 1.01. The number of unbranched alkanes of at least 4 members (excludes halogenated alkanes) is 2. The lowest BCUT2D eigenvalue weighted by atomic mass is 9.99. The first-order valence-electron chi connectivity index (χ1n) is 6.38. The van der Waals surface area contributed by atoms with E-state index in [1.54, 1.807) is 0 Å². The molecule has 0 aliphatic carbocycles. The van der Waals surface area contributed by atoms with Crippen LogP contribution < -0.4 is 0 Å². The van der Waals surface area contributed by atoms with Crippen molar-refractivity contribution in [2.45, 2.75) is 65.7 Å². The summed E-state index contributed by atoms with van der Waals surface area (Å²) in [6, 6.07) is 0. The maximum atomic E-state index is 10.8. The van der Waals surface area contributed by atoms with Gasteiger partial charge in [0.1, 0.15) is 6.29 Å². The monoisotopic (exact) mass is 210 g/mol. The molecule has 0 N–H and O–H groups in total. The number of aldehydes is 1. The lowest BCUT2D eigenvalue weighted by Gasteiger charge is -2.06. The Morgan fingerprint density at radius 1 is 1.20 bits per heavy atom. The summed E-state index contributed by atoms with van der Waals surface area (Å²) in [6.45, 7) is 6.66. The van der Waals surface area contributed by atoms with Crippen molar-refractivity contribution in [1.29, 1.82) is 0 Å². The third kappa shape index (κ3) is 8.41. The van der Waals surface area contributed by atoms with E-state index in [1.165, 1.54) is 25.7 Å². The number of carbonyl (C=O) groups excluding carboxylic acids is 1. The van der Waals surface area contributed by atoms with Crippen molar-refractivity contribution in [2.75, 3.05) is 0 Å². The first-order chi connectivity index (χ1) is 7.24. The van der Waals surface area contributed by atoms with Crippen LogP contribution in [-0.2, 0) is 4.79 Å². The Kier molecular flexibility index (Phi) is 9.55. The maximum absolute atomic E-state index is 10.8. The van der Waals surface area contributed by atoms with Crippen molar-refractivity contribution >= 4 is 6.29 Å². The highest BCUT2D eigenvalue weighted by Gasteiger charge is 2.00. The molecular formula is C14H26O. The standard InChI is InChI=1S/C14H26O/c1-4-6-7-9-14(12-15)11-10-13(3)8-5-2/h11-13H,4-10H2,1-3H3. The molecule has 0 saturated heterocycles. The van der Waals surface area contributed by atoms with Gasteiger partial charge in [0.25, 0.3) is 0 Å². The van der Waals surface area contributed by atoms with Crippen molar-refractivity contribution in [2.24, 2.45) is 5.92 Å². The van der Waals surface area contributed by atoms with Crippen molar-refractivity contribution in [3.8, 4) is 0 Å². The van der Waals surface area contributed by atoms with Gasteiger partial charge in [-0.2, -0.15) is 0 Å². The summed E-state index contributed by atoms with van der Waals surface area (Å²) in [5, 5.41) is 0. The van der Waals surface area contributed by atoms with Crippen molar-refractivity contribution < 1.29 is 4.79 Å². The van der Waals surface area contributed by atoms with Gasteiger partial charge < -0.3 is 0 Å². The molecular weight excluding hydrogens is 184 g/mol. The molecule has 1 heteroatoms. The molecule has 0 heterocycles. The first-order valence-corrected chi connectivity index (χ1v) is 6.38. The van der Waals surface area contributed by atoms with E-state index in [0.29, 0.717) is 0 Å². The average molecular weight is 210 g/mol. The number of carbonyl (C=O) groups is 1. The van der Waals surface area contributed by atoms with Crippen molar-refractivity contribution in [3.05, 3.63) is 11.6 Å². The van der Waals surface area contributed by atoms with Gasteiger partial charge in [-0.25, -0.2) is 0 Å². The SMILES string of the molecule is CCCCCC(C=O)=CCC(C)CCC.